The van der Waals surface area contributed by atoms with E-state index in [2.05, 4.69) is 13.8 Å². The molecule has 0 aliphatic carbocycles. The fourth-order valence-corrected chi connectivity index (χ4v) is 2.70. The average Bonchev–Trinajstić information content (AvgIpc) is 2.39. The zero-order chi connectivity index (χ0) is 13.1. The van der Waals surface area contributed by atoms with Crippen LogP contribution < -0.4 is 0 Å². The Morgan fingerprint density at radius 2 is 1.78 bits per heavy atom. The van der Waals surface area contributed by atoms with Gasteiger partial charge in [0.05, 0.1) is 5.38 Å². The molecule has 0 amide bonds. The molecule has 2 rings (SSSR count). The lowest BCUT2D eigenvalue weighted by Crippen LogP contribution is -2.00. The molecule has 0 heterocycles. The first-order chi connectivity index (χ1) is 8.63. The molecule has 2 atom stereocenters. The van der Waals surface area contributed by atoms with Gasteiger partial charge in [-0.1, -0.05) is 50.6 Å². The smallest absolute Gasteiger partial charge is 0.131 e. The molecule has 0 saturated carbocycles. The van der Waals surface area contributed by atoms with Crippen molar-refractivity contribution in [3.05, 3.63) is 47.8 Å². The summed E-state index contributed by atoms with van der Waals surface area (Å²) in [6.07, 6.45) is 2.04. The second-order valence-electron chi connectivity index (χ2n) is 4.90. The van der Waals surface area contributed by atoms with Crippen LogP contribution in [0.4, 0.5) is 4.39 Å². The molecule has 0 fully saturated rings. The molecule has 0 N–H and O–H groups in total. The van der Waals surface area contributed by atoms with Crippen molar-refractivity contribution in [1.29, 1.82) is 0 Å². The van der Waals surface area contributed by atoms with Crippen LogP contribution in [0.1, 0.15) is 37.6 Å². The molecule has 0 aliphatic rings. The van der Waals surface area contributed by atoms with Crippen LogP contribution in [0.15, 0.2) is 36.4 Å². The van der Waals surface area contributed by atoms with Crippen LogP contribution in [0.5, 0.6) is 0 Å². The number of hydrogen-bond donors (Lipinski definition) is 0. The Morgan fingerprint density at radius 3 is 2.44 bits per heavy atom. The van der Waals surface area contributed by atoms with Crippen molar-refractivity contribution in [2.75, 3.05) is 0 Å². The average molecular weight is 265 g/mol. The largest absolute Gasteiger partial charge is 0.206 e. The van der Waals surface area contributed by atoms with E-state index in [1.807, 2.05) is 24.3 Å². The minimum Gasteiger partial charge on any atom is -0.206 e. The van der Waals surface area contributed by atoms with Gasteiger partial charge in [-0.05, 0) is 29.4 Å². The van der Waals surface area contributed by atoms with Crippen molar-refractivity contribution in [2.45, 2.75) is 32.1 Å². The van der Waals surface area contributed by atoms with Crippen molar-refractivity contribution in [3.63, 3.8) is 0 Å². The SMILES string of the molecule is CCC(C)CC(Cl)c1ccc(F)c2ccccc12. The van der Waals surface area contributed by atoms with E-state index < -0.39 is 0 Å². The molecule has 18 heavy (non-hydrogen) atoms. The predicted molar refractivity (Wildman–Crippen MR) is 76.6 cm³/mol. The summed E-state index contributed by atoms with van der Waals surface area (Å²) in [5.74, 6) is 0.401. The lowest BCUT2D eigenvalue weighted by atomic mass is 9.95. The third-order valence-corrected chi connectivity index (χ3v) is 3.96. The van der Waals surface area contributed by atoms with E-state index in [1.54, 1.807) is 6.07 Å². The number of halogens is 2. The van der Waals surface area contributed by atoms with Gasteiger partial charge in [0.2, 0.25) is 0 Å². The molecular weight excluding hydrogens is 247 g/mol. The predicted octanol–water partition coefficient (Wildman–Crippen LogP) is 5.70. The second kappa shape index (κ2) is 5.71. The van der Waals surface area contributed by atoms with E-state index in [4.69, 9.17) is 11.6 Å². The van der Waals surface area contributed by atoms with Crippen molar-refractivity contribution in [2.24, 2.45) is 5.92 Å². The highest BCUT2D eigenvalue weighted by molar-refractivity contribution is 6.21. The first-order valence-electron chi connectivity index (χ1n) is 6.44. The highest BCUT2D eigenvalue weighted by Gasteiger charge is 2.15. The minimum absolute atomic E-state index is 0.0505. The van der Waals surface area contributed by atoms with Crippen LogP contribution >= 0.6 is 11.6 Å². The fourth-order valence-electron chi connectivity index (χ4n) is 2.21. The molecule has 0 bridgehead atoms. The maximum atomic E-state index is 13.7. The number of fused-ring (bicyclic) bond motifs is 1. The van der Waals surface area contributed by atoms with E-state index in [0.717, 1.165) is 23.8 Å². The zero-order valence-corrected chi connectivity index (χ0v) is 11.5. The monoisotopic (exact) mass is 264 g/mol. The molecule has 0 aromatic heterocycles. The molecule has 0 saturated heterocycles. The summed E-state index contributed by atoms with van der Waals surface area (Å²) >= 11 is 6.49. The van der Waals surface area contributed by atoms with E-state index in [0.29, 0.717) is 11.3 Å². The lowest BCUT2D eigenvalue weighted by Gasteiger charge is -2.16. The Kier molecular flexibility index (Phi) is 4.23. The summed E-state index contributed by atoms with van der Waals surface area (Å²) < 4.78 is 13.7. The van der Waals surface area contributed by atoms with Crippen LogP contribution in [-0.2, 0) is 0 Å². The molecule has 0 spiro atoms. The Bertz CT molecular complexity index is 536. The van der Waals surface area contributed by atoms with Crippen molar-refractivity contribution in [1.82, 2.24) is 0 Å². The molecule has 0 aliphatic heterocycles. The molecular formula is C16H18ClF. The Labute approximate surface area is 113 Å². The number of alkyl halides is 1. The summed E-state index contributed by atoms with van der Waals surface area (Å²) in [6.45, 7) is 4.36. The third-order valence-electron chi connectivity index (χ3n) is 3.55. The number of rotatable bonds is 4. The Balaban J connectivity index is 2.42. The maximum Gasteiger partial charge on any atom is 0.131 e. The Hall–Kier alpha value is -1.08. The van der Waals surface area contributed by atoms with Crippen LogP contribution in [0.2, 0.25) is 0 Å². The first-order valence-corrected chi connectivity index (χ1v) is 6.88. The van der Waals surface area contributed by atoms with Gasteiger partial charge in [0.25, 0.3) is 0 Å². The van der Waals surface area contributed by atoms with Gasteiger partial charge < -0.3 is 0 Å². The number of benzene rings is 2. The van der Waals surface area contributed by atoms with Crippen LogP contribution in [-0.4, -0.2) is 0 Å². The molecule has 2 heteroatoms. The quantitative estimate of drug-likeness (QED) is 0.622. The molecule has 2 aromatic carbocycles. The van der Waals surface area contributed by atoms with Gasteiger partial charge in [-0.15, -0.1) is 11.6 Å². The molecule has 96 valence electrons. The highest BCUT2D eigenvalue weighted by atomic mass is 35.5. The summed E-state index contributed by atoms with van der Waals surface area (Å²) in [6, 6.07) is 10.9. The van der Waals surface area contributed by atoms with Gasteiger partial charge in [-0.3, -0.25) is 0 Å². The molecule has 0 radical (unpaired) electrons. The summed E-state index contributed by atoms with van der Waals surface area (Å²) in [5, 5.41) is 1.54. The third kappa shape index (κ3) is 2.67. The lowest BCUT2D eigenvalue weighted by molar-refractivity contribution is 0.509. The minimum atomic E-state index is -0.179. The summed E-state index contributed by atoms with van der Waals surface area (Å²) in [7, 11) is 0. The van der Waals surface area contributed by atoms with E-state index in [1.165, 1.54) is 6.07 Å². The van der Waals surface area contributed by atoms with Gasteiger partial charge in [-0.2, -0.15) is 0 Å². The van der Waals surface area contributed by atoms with E-state index in [9.17, 15) is 4.39 Å². The number of hydrogen-bond acceptors (Lipinski definition) is 0. The first kappa shape index (κ1) is 13.4. The topological polar surface area (TPSA) is 0 Å². The highest BCUT2D eigenvalue weighted by Crippen LogP contribution is 2.34. The van der Waals surface area contributed by atoms with E-state index in [-0.39, 0.29) is 11.2 Å². The molecule has 2 aromatic rings. The van der Waals surface area contributed by atoms with Gasteiger partial charge in [0, 0.05) is 5.39 Å². The van der Waals surface area contributed by atoms with Gasteiger partial charge >= 0.3 is 0 Å². The molecule has 0 nitrogen and oxygen atoms in total. The standard InChI is InChI=1S/C16H18ClF/c1-3-11(2)10-15(17)13-8-9-16(18)14-7-5-4-6-12(13)14/h4-9,11,15H,3,10H2,1-2H3. The molecule has 2 unspecified atom stereocenters. The van der Waals surface area contributed by atoms with Crippen molar-refractivity contribution < 1.29 is 4.39 Å². The van der Waals surface area contributed by atoms with E-state index >= 15 is 0 Å². The van der Waals surface area contributed by atoms with Crippen LogP contribution in [0.3, 0.4) is 0 Å². The van der Waals surface area contributed by atoms with Gasteiger partial charge in [0.15, 0.2) is 0 Å². The maximum absolute atomic E-state index is 13.7. The zero-order valence-electron chi connectivity index (χ0n) is 10.8. The van der Waals surface area contributed by atoms with Crippen LogP contribution in [0.25, 0.3) is 10.8 Å². The second-order valence-corrected chi connectivity index (χ2v) is 5.43. The van der Waals surface area contributed by atoms with Crippen molar-refractivity contribution in [3.8, 4) is 0 Å². The Morgan fingerprint density at radius 1 is 1.11 bits per heavy atom. The van der Waals surface area contributed by atoms with Crippen LogP contribution in [0, 0.1) is 11.7 Å². The summed E-state index contributed by atoms with van der Waals surface area (Å²) in [5.41, 5.74) is 1.04. The van der Waals surface area contributed by atoms with Gasteiger partial charge in [-0.25, -0.2) is 4.39 Å². The van der Waals surface area contributed by atoms with Crippen molar-refractivity contribution >= 4 is 22.4 Å². The normalized spacial score (nSPS) is 14.7. The van der Waals surface area contributed by atoms with Gasteiger partial charge in [0.1, 0.15) is 5.82 Å². The fraction of sp³-hybridized carbons (Fsp3) is 0.375. The summed E-state index contributed by atoms with van der Waals surface area (Å²) in [4.78, 5) is 0.